The Hall–Kier alpha value is -1.96. The van der Waals surface area contributed by atoms with Gasteiger partial charge in [-0.2, -0.15) is 0 Å². The molecular formula is C12H17N5O2S. The third kappa shape index (κ3) is 3.32. The van der Waals surface area contributed by atoms with Gasteiger partial charge in [0.2, 0.25) is 0 Å². The van der Waals surface area contributed by atoms with Gasteiger partial charge in [-0.15, -0.1) is 5.10 Å². The summed E-state index contributed by atoms with van der Waals surface area (Å²) in [6.07, 6.45) is 1.19. The molecule has 0 amide bonds. The van der Waals surface area contributed by atoms with Gasteiger partial charge in [0, 0.05) is 17.5 Å². The van der Waals surface area contributed by atoms with E-state index < -0.39 is 9.84 Å². The summed E-state index contributed by atoms with van der Waals surface area (Å²) in [4.78, 5) is 0. The molecule has 2 rings (SSSR count). The Balaban J connectivity index is 2.42. The van der Waals surface area contributed by atoms with Crippen LogP contribution in [0.4, 0.5) is 5.69 Å². The van der Waals surface area contributed by atoms with Crippen molar-refractivity contribution in [1.29, 1.82) is 0 Å². The molecule has 2 aromatic rings. The quantitative estimate of drug-likeness (QED) is 0.838. The number of aryl methyl sites for hydroxylation is 1. The predicted octanol–water partition coefficient (Wildman–Crippen LogP) is 0.836. The van der Waals surface area contributed by atoms with Crippen molar-refractivity contribution in [3.05, 3.63) is 23.8 Å². The molecule has 0 spiro atoms. The Morgan fingerprint density at radius 2 is 2.05 bits per heavy atom. The van der Waals surface area contributed by atoms with Crippen LogP contribution in [0.2, 0.25) is 0 Å². The van der Waals surface area contributed by atoms with Crippen LogP contribution in [0.15, 0.2) is 18.2 Å². The smallest absolute Gasteiger partial charge is 0.182 e. The highest BCUT2D eigenvalue weighted by atomic mass is 32.2. The number of nitrogens with two attached hydrogens (primary N) is 1. The van der Waals surface area contributed by atoms with Crippen molar-refractivity contribution in [2.24, 2.45) is 0 Å². The van der Waals surface area contributed by atoms with Crippen molar-refractivity contribution in [3.8, 4) is 11.4 Å². The first-order valence-corrected chi connectivity index (χ1v) is 8.15. The molecule has 7 nitrogen and oxygen atoms in total. The van der Waals surface area contributed by atoms with E-state index in [1.54, 1.807) is 13.0 Å². The van der Waals surface area contributed by atoms with E-state index in [4.69, 9.17) is 5.73 Å². The zero-order chi connectivity index (χ0) is 14.9. The second kappa shape index (κ2) is 5.20. The molecule has 0 aliphatic rings. The molecule has 0 bridgehead atoms. The largest absolute Gasteiger partial charge is 0.399 e. The van der Waals surface area contributed by atoms with Crippen LogP contribution in [0.5, 0.6) is 0 Å². The van der Waals surface area contributed by atoms with Crippen LogP contribution in [0.25, 0.3) is 11.4 Å². The zero-order valence-electron chi connectivity index (χ0n) is 11.6. The van der Waals surface area contributed by atoms with E-state index in [1.165, 1.54) is 10.9 Å². The molecule has 0 saturated carbocycles. The molecule has 20 heavy (non-hydrogen) atoms. The van der Waals surface area contributed by atoms with E-state index in [9.17, 15) is 8.42 Å². The summed E-state index contributed by atoms with van der Waals surface area (Å²) in [5.41, 5.74) is 8.20. The van der Waals surface area contributed by atoms with Gasteiger partial charge < -0.3 is 5.73 Å². The average molecular weight is 295 g/mol. The number of anilines is 1. The van der Waals surface area contributed by atoms with Crippen molar-refractivity contribution in [2.75, 3.05) is 17.7 Å². The molecule has 1 unspecified atom stereocenters. The molecule has 0 aliphatic carbocycles. The summed E-state index contributed by atoms with van der Waals surface area (Å²) >= 11 is 0. The van der Waals surface area contributed by atoms with E-state index in [0.717, 1.165) is 11.1 Å². The number of sulfone groups is 1. The lowest BCUT2D eigenvalue weighted by molar-refractivity contribution is 0.509. The maximum atomic E-state index is 11.4. The molecule has 0 aliphatic heterocycles. The minimum atomic E-state index is -3.11. The molecule has 0 saturated heterocycles. The van der Waals surface area contributed by atoms with Crippen LogP contribution in [0.3, 0.4) is 0 Å². The van der Waals surface area contributed by atoms with Gasteiger partial charge >= 0.3 is 0 Å². The van der Waals surface area contributed by atoms with Crippen LogP contribution in [0.1, 0.15) is 18.5 Å². The molecule has 8 heteroatoms. The topological polar surface area (TPSA) is 104 Å². The Morgan fingerprint density at radius 3 is 2.65 bits per heavy atom. The van der Waals surface area contributed by atoms with Crippen molar-refractivity contribution < 1.29 is 8.42 Å². The lowest BCUT2D eigenvalue weighted by Crippen LogP contribution is -2.18. The molecule has 1 heterocycles. The fourth-order valence-electron chi connectivity index (χ4n) is 2.13. The Labute approximate surface area is 117 Å². The van der Waals surface area contributed by atoms with Crippen LogP contribution in [0, 0.1) is 6.92 Å². The summed E-state index contributed by atoms with van der Waals surface area (Å²) in [7, 11) is -3.11. The summed E-state index contributed by atoms with van der Waals surface area (Å²) in [5, 5.41) is 11.5. The minimum absolute atomic E-state index is 0.0215. The molecule has 108 valence electrons. The standard InChI is InChI=1S/C12H17N5O2S/c1-8-4-10(6-11(13)5-8)12-14-15-16-17(12)9(2)7-20(3,18)19/h4-6,9H,7,13H2,1-3H3. The SMILES string of the molecule is Cc1cc(N)cc(-c2nnnn2C(C)CS(C)(=O)=O)c1. The summed E-state index contributed by atoms with van der Waals surface area (Å²) in [6, 6.07) is 5.17. The van der Waals surface area contributed by atoms with Crippen LogP contribution in [-0.2, 0) is 9.84 Å². The number of benzene rings is 1. The third-order valence-electron chi connectivity index (χ3n) is 2.81. The highest BCUT2D eigenvalue weighted by Gasteiger charge is 2.18. The van der Waals surface area contributed by atoms with Gasteiger partial charge in [-0.1, -0.05) is 0 Å². The molecule has 0 fully saturated rings. The average Bonchev–Trinajstić information content (AvgIpc) is 2.73. The number of hydrogen-bond donors (Lipinski definition) is 1. The second-order valence-electron chi connectivity index (χ2n) is 5.02. The predicted molar refractivity (Wildman–Crippen MR) is 76.8 cm³/mol. The lowest BCUT2D eigenvalue weighted by atomic mass is 10.1. The van der Waals surface area contributed by atoms with Gasteiger partial charge in [-0.05, 0) is 48.0 Å². The van der Waals surface area contributed by atoms with Crippen molar-refractivity contribution in [2.45, 2.75) is 19.9 Å². The molecule has 1 aromatic heterocycles. The van der Waals surface area contributed by atoms with Crippen LogP contribution < -0.4 is 5.73 Å². The van der Waals surface area contributed by atoms with Crippen molar-refractivity contribution in [3.63, 3.8) is 0 Å². The molecule has 1 aromatic carbocycles. The normalized spacial score (nSPS) is 13.3. The number of hydrogen-bond acceptors (Lipinski definition) is 6. The molecular weight excluding hydrogens is 278 g/mol. The van der Waals surface area contributed by atoms with Crippen LogP contribution in [-0.4, -0.2) is 40.6 Å². The van der Waals surface area contributed by atoms with Gasteiger partial charge in [-0.25, -0.2) is 13.1 Å². The molecule has 1 atom stereocenters. The Kier molecular flexibility index (Phi) is 3.76. The van der Waals surface area contributed by atoms with Gasteiger partial charge in [0.05, 0.1) is 11.8 Å². The van der Waals surface area contributed by atoms with E-state index in [1.807, 2.05) is 19.1 Å². The first-order valence-electron chi connectivity index (χ1n) is 6.09. The second-order valence-corrected chi connectivity index (χ2v) is 7.21. The fraction of sp³-hybridized carbons (Fsp3) is 0.417. The fourth-order valence-corrected chi connectivity index (χ4v) is 3.15. The van der Waals surface area contributed by atoms with Gasteiger partial charge in [0.25, 0.3) is 0 Å². The summed E-state index contributed by atoms with van der Waals surface area (Å²) in [5.74, 6) is 0.489. The van der Waals surface area contributed by atoms with E-state index in [-0.39, 0.29) is 11.8 Å². The van der Waals surface area contributed by atoms with Crippen molar-refractivity contribution in [1.82, 2.24) is 20.2 Å². The number of nitrogen functional groups attached to an aromatic ring is 1. The first kappa shape index (κ1) is 14.4. The minimum Gasteiger partial charge on any atom is -0.399 e. The Morgan fingerprint density at radius 1 is 1.35 bits per heavy atom. The number of nitrogens with zero attached hydrogens (tertiary/aromatic N) is 4. The maximum Gasteiger partial charge on any atom is 0.182 e. The zero-order valence-corrected chi connectivity index (χ0v) is 12.4. The highest BCUT2D eigenvalue weighted by Crippen LogP contribution is 2.23. The number of aromatic nitrogens is 4. The van der Waals surface area contributed by atoms with Crippen molar-refractivity contribution >= 4 is 15.5 Å². The molecule has 2 N–H and O–H groups in total. The maximum absolute atomic E-state index is 11.4. The Bertz CT molecular complexity index is 703. The molecule has 0 radical (unpaired) electrons. The van der Waals surface area contributed by atoms with E-state index >= 15 is 0 Å². The van der Waals surface area contributed by atoms with Gasteiger partial charge in [0.1, 0.15) is 9.84 Å². The first-order chi connectivity index (χ1) is 9.26. The number of rotatable bonds is 4. The summed E-state index contributed by atoms with van der Waals surface area (Å²) < 4.78 is 24.3. The van der Waals surface area contributed by atoms with Gasteiger partial charge in [0.15, 0.2) is 5.82 Å². The highest BCUT2D eigenvalue weighted by molar-refractivity contribution is 7.90. The summed E-state index contributed by atoms with van der Waals surface area (Å²) in [6.45, 7) is 3.69. The van der Waals surface area contributed by atoms with Crippen LogP contribution >= 0.6 is 0 Å². The third-order valence-corrected chi connectivity index (χ3v) is 3.90. The van der Waals surface area contributed by atoms with Gasteiger partial charge in [-0.3, -0.25) is 0 Å². The lowest BCUT2D eigenvalue weighted by Gasteiger charge is -2.12. The monoisotopic (exact) mass is 295 g/mol. The number of tetrazole rings is 1. The van der Waals surface area contributed by atoms with E-state index in [0.29, 0.717) is 11.5 Å². The van der Waals surface area contributed by atoms with E-state index in [2.05, 4.69) is 15.5 Å².